The van der Waals surface area contributed by atoms with E-state index in [1.807, 2.05) is 24.4 Å². The zero-order valence-electron chi connectivity index (χ0n) is 19.0. The highest BCUT2D eigenvalue weighted by Gasteiger charge is 2.33. The van der Waals surface area contributed by atoms with Gasteiger partial charge in [0.1, 0.15) is 5.82 Å². The third-order valence-electron chi connectivity index (χ3n) is 6.65. The van der Waals surface area contributed by atoms with E-state index >= 15 is 0 Å². The van der Waals surface area contributed by atoms with Crippen molar-refractivity contribution >= 4 is 17.5 Å². The zero-order valence-corrected chi connectivity index (χ0v) is 19.0. The summed E-state index contributed by atoms with van der Waals surface area (Å²) in [5.41, 5.74) is 4.76. The highest BCUT2D eigenvalue weighted by atomic mass is 19.1. The van der Waals surface area contributed by atoms with Crippen molar-refractivity contribution in [3.8, 4) is 0 Å². The molecule has 172 valence electrons. The maximum Gasteiger partial charge on any atom is 0.254 e. The van der Waals surface area contributed by atoms with E-state index in [0.717, 1.165) is 54.0 Å². The molecule has 3 heterocycles. The van der Waals surface area contributed by atoms with Gasteiger partial charge in [0, 0.05) is 42.0 Å². The van der Waals surface area contributed by atoms with E-state index in [0.29, 0.717) is 31.0 Å². The number of benzene rings is 1. The van der Waals surface area contributed by atoms with E-state index in [1.54, 1.807) is 17.0 Å². The minimum atomic E-state index is -0.419. The van der Waals surface area contributed by atoms with Crippen molar-refractivity contribution in [3.05, 3.63) is 64.4 Å². The minimum absolute atomic E-state index is 0.0787. The smallest absolute Gasteiger partial charge is 0.254 e. The van der Waals surface area contributed by atoms with Crippen molar-refractivity contribution in [2.75, 3.05) is 6.54 Å². The number of aromatic nitrogens is 3. The lowest BCUT2D eigenvalue weighted by Gasteiger charge is -2.23. The normalized spacial score (nSPS) is 18.2. The molecule has 2 aromatic heterocycles. The number of rotatable bonds is 6. The van der Waals surface area contributed by atoms with Gasteiger partial charge in [0.25, 0.3) is 5.91 Å². The van der Waals surface area contributed by atoms with E-state index in [4.69, 9.17) is 10.1 Å². The molecular formula is C25H28FN5O2. The van der Waals surface area contributed by atoms with Gasteiger partial charge in [-0.05, 0) is 69.7 Å². The lowest BCUT2D eigenvalue weighted by atomic mass is 10.1. The topological polar surface area (TPSA) is 79.6 Å². The lowest BCUT2D eigenvalue weighted by Crippen LogP contribution is -2.30. The van der Waals surface area contributed by atoms with Crippen molar-refractivity contribution in [1.82, 2.24) is 24.8 Å². The van der Waals surface area contributed by atoms with Gasteiger partial charge in [0.2, 0.25) is 5.91 Å². The van der Waals surface area contributed by atoms with Crippen LogP contribution in [0.3, 0.4) is 0 Å². The molecule has 1 N–H and O–H groups in total. The quantitative estimate of drug-likeness (QED) is 0.623. The summed E-state index contributed by atoms with van der Waals surface area (Å²) in [7, 11) is 0. The average molecular weight is 450 g/mol. The number of likely N-dealkylation sites (tertiary alicyclic amines) is 1. The van der Waals surface area contributed by atoms with Crippen molar-refractivity contribution in [2.45, 2.75) is 64.5 Å². The third-order valence-corrected chi connectivity index (χ3v) is 6.65. The second kappa shape index (κ2) is 8.57. The summed E-state index contributed by atoms with van der Waals surface area (Å²) in [4.78, 5) is 31.7. The average Bonchev–Trinajstić information content (AvgIpc) is 3.29. The monoisotopic (exact) mass is 449 g/mol. The minimum Gasteiger partial charge on any atom is -0.353 e. The third kappa shape index (κ3) is 4.34. The Morgan fingerprint density at radius 1 is 1.18 bits per heavy atom. The fourth-order valence-electron chi connectivity index (χ4n) is 4.74. The van der Waals surface area contributed by atoms with Crippen LogP contribution in [-0.4, -0.2) is 43.9 Å². The van der Waals surface area contributed by atoms with Crippen LogP contribution in [0.2, 0.25) is 0 Å². The van der Waals surface area contributed by atoms with Crippen LogP contribution in [-0.2, 0) is 11.2 Å². The van der Waals surface area contributed by atoms with Crippen LogP contribution >= 0.6 is 0 Å². The van der Waals surface area contributed by atoms with Crippen LogP contribution in [0.4, 0.5) is 4.39 Å². The van der Waals surface area contributed by atoms with Crippen LogP contribution < -0.4 is 5.32 Å². The maximum atomic E-state index is 13.7. The lowest BCUT2D eigenvalue weighted by molar-refractivity contribution is -0.121. The van der Waals surface area contributed by atoms with Crippen molar-refractivity contribution in [2.24, 2.45) is 0 Å². The van der Waals surface area contributed by atoms with Gasteiger partial charge < -0.3 is 10.2 Å². The Kier molecular flexibility index (Phi) is 5.60. The molecule has 1 aliphatic heterocycles. The molecule has 5 rings (SSSR count). The molecule has 1 saturated heterocycles. The molecule has 0 spiro atoms. The fraction of sp³-hybridized carbons (Fsp3) is 0.440. The van der Waals surface area contributed by atoms with E-state index in [2.05, 4.69) is 5.32 Å². The highest BCUT2D eigenvalue weighted by molar-refractivity contribution is 5.94. The molecule has 1 unspecified atom stereocenters. The number of amides is 2. The van der Waals surface area contributed by atoms with Crippen LogP contribution in [0.1, 0.15) is 71.1 Å². The Bertz CT molecular complexity index is 1230. The summed E-state index contributed by atoms with van der Waals surface area (Å²) in [6.07, 6.45) is 4.87. The Balaban J connectivity index is 1.39. The second-order valence-corrected chi connectivity index (χ2v) is 9.11. The predicted octanol–water partition coefficient (Wildman–Crippen LogP) is 3.67. The zero-order chi connectivity index (χ0) is 23.1. The summed E-state index contributed by atoms with van der Waals surface area (Å²) >= 11 is 0. The highest BCUT2D eigenvalue weighted by Crippen LogP contribution is 2.33. The Hall–Kier alpha value is -3.29. The van der Waals surface area contributed by atoms with Crippen molar-refractivity contribution < 1.29 is 14.0 Å². The molecule has 1 aromatic carbocycles. The molecule has 0 bridgehead atoms. The molecule has 7 nitrogen and oxygen atoms in total. The predicted molar refractivity (Wildman–Crippen MR) is 121 cm³/mol. The summed E-state index contributed by atoms with van der Waals surface area (Å²) in [6.45, 7) is 4.57. The first-order chi connectivity index (χ1) is 15.9. The van der Waals surface area contributed by atoms with Gasteiger partial charge in [-0.1, -0.05) is 6.07 Å². The van der Waals surface area contributed by atoms with Crippen molar-refractivity contribution in [3.63, 3.8) is 0 Å². The van der Waals surface area contributed by atoms with Gasteiger partial charge in [-0.25, -0.2) is 13.9 Å². The number of carbonyl (C=O) groups is 2. The van der Waals surface area contributed by atoms with Gasteiger partial charge in [-0.3, -0.25) is 9.59 Å². The fourth-order valence-corrected chi connectivity index (χ4v) is 4.74. The molecule has 2 amide bonds. The Morgan fingerprint density at radius 2 is 2.00 bits per heavy atom. The number of fused-ring (bicyclic) bond motifs is 1. The summed E-state index contributed by atoms with van der Waals surface area (Å²) in [5.74, 6) is -0.523. The number of carbonyl (C=O) groups excluding carboxylic acids is 2. The number of nitrogens with one attached hydrogen (secondary N) is 1. The molecule has 33 heavy (non-hydrogen) atoms. The summed E-state index contributed by atoms with van der Waals surface area (Å²) in [6, 6.07) is 7.94. The molecule has 2 fully saturated rings. The van der Waals surface area contributed by atoms with Crippen LogP contribution in [0.5, 0.6) is 0 Å². The molecular weight excluding hydrogens is 421 g/mol. The molecule has 0 radical (unpaired) electrons. The largest absolute Gasteiger partial charge is 0.353 e. The summed E-state index contributed by atoms with van der Waals surface area (Å²) in [5, 5.41) is 7.84. The Labute approximate surface area is 192 Å². The van der Waals surface area contributed by atoms with Gasteiger partial charge in [0.15, 0.2) is 5.65 Å². The van der Waals surface area contributed by atoms with Gasteiger partial charge in [-0.2, -0.15) is 5.10 Å². The number of nitrogens with zero attached hydrogens (tertiary/aromatic N) is 4. The second-order valence-electron chi connectivity index (χ2n) is 9.11. The first-order valence-electron chi connectivity index (χ1n) is 11.6. The number of aryl methyl sites for hydroxylation is 2. The van der Waals surface area contributed by atoms with Gasteiger partial charge in [-0.15, -0.1) is 0 Å². The SMILES string of the molecule is Cc1nc2cc(C3CCCN3C(=O)c3cccc(F)c3)nn2c(C)c1CCC(=O)NC1CC1. The van der Waals surface area contributed by atoms with Crippen LogP contribution in [0.15, 0.2) is 30.3 Å². The van der Waals surface area contributed by atoms with Gasteiger partial charge >= 0.3 is 0 Å². The van der Waals surface area contributed by atoms with E-state index in [-0.39, 0.29) is 17.9 Å². The van der Waals surface area contributed by atoms with Crippen LogP contribution in [0, 0.1) is 19.7 Å². The van der Waals surface area contributed by atoms with Crippen molar-refractivity contribution in [1.29, 1.82) is 0 Å². The molecule has 1 saturated carbocycles. The molecule has 3 aromatic rings. The standard InChI is InChI=1S/C25H28FN5O2/c1-15-20(10-11-24(32)28-19-8-9-19)16(2)31-23(27-15)14-21(29-31)22-7-4-12-30(22)25(33)17-5-3-6-18(26)13-17/h3,5-6,13-14,19,22H,4,7-12H2,1-2H3,(H,28,32). The first kappa shape index (κ1) is 21.6. The number of hydrogen-bond acceptors (Lipinski definition) is 4. The molecule has 1 aliphatic carbocycles. The van der Waals surface area contributed by atoms with E-state index < -0.39 is 5.82 Å². The van der Waals surface area contributed by atoms with E-state index in [9.17, 15) is 14.0 Å². The molecule has 1 atom stereocenters. The summed E-state index contributed by atoms with van der Waals surface area (Å²) < 4.78 is 15.5. The molecule has 2 aliphatic rings. The number of halogens is 1. The maximum absolute atomic E-state index is 13.7. The number of hydrogen-bond donors (Lipinski definition) is 1. The van der Waals surface area contributed by atoms with Gasteiger partial charge in [0.05, 0.1) is 11.7 Å². The molecule has 8 heteroatoms. The van der Waals surface area contributed by atoms with E-state index in [1.165, 1.54) is 12.1 Å². The van der Waals surface area contributed by atoms with Crippen LogP contribution in [0.25, 0.3) is 5.65 Å². The Morgan fingerprint density at radius 3 is 2.76 bits per heavy atom. The first-order valence-corrected chi connectivity index (χ1v) is 11.6.